The summed E-state index contributed by atoms with van der Waals surface area (Å²) in [6.07, 6.45) is 0. The van der Waals surface area contributed by atoms with Crippen molar-refractivity contribution in [1.29, 1.82) is 0 Å². The molecule has 54 valence electrons. The summed E-state index contributed by atoms with van der Waals surface area (Å²) in [6, 6.07) is 0. The Labute approximate surface area is 54.8 Å². The van der Waals surface area contributed by atoms with Crippen molar-refractivity contribution < 1.29 is 4.81 Å². The van der Waals surface area contributed by atoms with Gasteiger partial charge in [0.2, 0.25) is 0 Å². The third kappa shape index (κ3) is 4.04. The van der Waals surface area contributed by atoms with Crippen molar-refractivity contribution in [2.24, 2.45) is 16.8 Å². The summed E-state index contributed by atoms with van der Waals surface area (Å²) in [4.78, 5) is -0.374. The van der Waals surface area contributed by atoms with Gasteiger partial charge in [-0.1, -0.05) is 9.91 Å². The molecular weight excluding hydrogens is 118 g/mol. The van der Waals surface area contributed by atoms with Gasteiger partial charge in [0.25, 0.3) is 0 Å². The molecule has 0 radical (unpaired) electrons. The average Bonchev–Trinajstić information content (AvgIpc) is 1.84. The lowest BCUT2D eigenvalue weighted by molar-refractivity contribution is -0.956. The van der Waals surface area contributed by atoms with E-state index in [4.69, 9.17) is 11.7 Å². The third-order valence-corrected chi connectivity index (χ3v) is 0.983. The van der Waals surface area contributed by atoms with E-state index in [1.807, 2.05) is 7.05 Å². The van der Waals surface area contributed by atoms with Crippen LogP contribution in [0.3, 0.4) is 0 Å². The molecule has 0 aromatic rings. The first-order valence-corrected chi connectivity index (χ1v) is 2.70. The fraction of sp³-hybridized carbons (Fsp3) is 0.750. The molecule has 5 nitrogen and oxygen atoms in total. The Morgan fingerprint density at radius 1 is 1.67 bits per heavy atom. The van der Waals surface area contributed by atoms with Crippen LogP contribution in [0.1, 0.15) is 0 Å². The minimum atomic E-state index is -0.374. The van der Waals surface area contributed by atoms with Crippen LogP contribution >= 0.6 is 0 Å². The molecule has 0 heterocycles. The molecule has 0 aromatic carbocycles. The van der Waals surface area contributed by atoms with Crippen LogP contribution in [0.15, 0.2) is 5.10 Å². The van der Waals surface area contributed by atoms with Gasteiger partial charge in [-0.3, -0.25) is 0 Å². The van der Waals surface area contributed by atoms with Gasteiger partial charge in [-0.15, -0.1) is 11.7 Å². The van der Waals surface area contributed by atoms with Crippen LogP contribution in [0.4, 0.5) is 0 Å². The predicted molar refractivity (Wildman–Crippen MR) is 37.0 cm³/mol. The summed E-state index contributed by atoms with van der Waals surface area (Å²) < 4.78 is 0. The van der Waals surface area contributed by atoms with Crippen LogP contribution < -0.4 is 17.0 Å². The predicted octanol–water partition coefficient (Wildman–Crippen LogP) is -1.61. The minimum Gasteiger partial charge on any atom is -0.314 e. The summed E-state index contributed by atoms with van der Waals surface area (Å²) in [7, 11) is 1.82. The maximum atomic E-state index is 5.35. The van der Waals surface area contributed by atoms with E-state index < -0.39 is 0 Å². The molecule has 0 aliphatic carbocycles. The van der Waals surface area contributed by atoms with Gasteiger partial charge in [-0.2, -0.15) is 0 Å². The number of quaternary nitrogens is 1. The van der Waals surface area contributed by atoms with Gasteiger partial charge in [-0.05, 0) is 7.05 Å². The minimum absolute atomic E-state index is 0.374. The zero-order chi connectivity index (χ0) is 7.33. The molecule has 0 rings (SSSR count). The van der Waals surface area contributed by atoms with Gasteiger partial charge in [0.15, 0.2) is 6.54 Å². The molecule has 9 heavy (non-hydrogen) atoms. The van der Waals surface area contributed by atoms with Crippen molar-refractivity contribution in [1.82, 2.24) is 5.32 Å². The number of nitrogens with two attached hydrogens (primary N) is 2. The first-order valence-electron chi connectivity index (χ1n) is 2.70. The van der Waals surface area contributed by atoms with Gasteiger partial charge < -0.3 is 5.32 Å². The number of rotatable bonds is 4. The summed E-state index contributed by atoms with van der Waals surface area (Å²) in [6.45, 7) is 4.50. The van der Waals surface area contributed by atoms with Crippen molar-refractivity contribution in [3.63, 3.8) is 0 Å². The Bertz CT molecular complexity index is 89.0. The lowest BCUT2D eigenvalue weighted by Crippen LogP contribution is -2.58. The monoisotopic (exact) mass is 132 g/mol. The van der Waals surface area contributed by atoms with Crippen LogP contribution in [0.25, 0.3) is 0 Å². The molecule has 5 heteroatoms. The van der Waals surface area contributed by atoms with Crippen LogP contribution in [0, 0.1) is 0 Å². The normalized spacial score (nSPS) is 11.4. The molecule has 0 aromatic heterocycles. The molecule has 0 aliphatic heterocycles. The van der Waals surface area contributed by atoms with Gasteiger partial charge in [-0.25, -0.2) is 0 Å². The maximum Gasteiger partial charge on any atom is 0.154 e. The molecule has 0 amide bonds. The van der Waals surface area contributed by atoms with Gasteiger partial charge in [0, 0.05) is 0 Å². The SMILES string of the molecule is C=N[N+](N)(N)CCNC. The Hall–Kier alpha value is -0.490. The van der Waals surface area contributed by atoms with E-state index in [1.165, 1.54) is 0 Å². The van der Waals surface area contributed by atoms with E-state index in [0.29, 0.717) is 6.54 Å². The van der Waals surface area contributed by atoms with Crippen molar-refractivity contribution in [3.05, 3.63) is 0 Å². The molecule has 0 bridgehead atoms. The Morgan fingerprint density at radius 2 is 2.22 bits per heavy atom. The molecule has 0 saturated heterocycles. The number of hydrogen-bond acceptors (Lipinski definition) is 4. The summed E-state index contributed by atoms with van der Waals surface area (Å²) in [5.74, 6) is 10.7. The van der Waals surface area contributed by atoms with Gasteiger partial charge in [0.1, 0.15) is 0 Å². The standard InChI is InChI=1S/C4H14N5/c1-7-3-4-9(5,6)8-2/h7H,2-6H2,1H3/q+1. The highest BCUT2D eigenvalue weighted by atomic mass is 15.9. The lowest BCUT2D eigenvalue weighted by atomic mass is 10.6. The molecule has 0 fully saturated rings. The highest BCUT2D eigenvalue weighted by molar-refractivity contribution is 5.21. The quantitative estimate of drug-likeness (QED) is 0.186. The van der Waals surface area contributed by atoms with Crippen molar-refractivity contribution in [3.8, 4) is 0 Å². The fourth-order valence-electron chi connectivity index (χ4n) is 0.362. The molecule has 0 aliphatic rings. The molecule has 0 spiro atoms. The van der Waals surface area contributed by atoms with E-state index in [9.17, 15) is 0 Å². The smallest absolute Gasteiger partial charge is 0.154 e. The van der Waals surface area contributed by atoms with Gasteiger partial charge >= 0.3 is 0 Å². The number of likely N-dealkylation sites (N-methyl/N-ethyl adjacent to an activating group) is 1. The molecule has 0 atom stereocenters. The van der Waals surface area contributed by atoms with E-state index in [2.05, 4.69) is 17.1 Å². The molecular formula is C4H14N5+. The Balaban J connectivity index is 3.45. The third-order valence-electron chi connectivity index (χ3n) is 0.983. The molecule has 5 N–H and O–H groups in total. The number of hydrogen-bond donors (Lipinski definition) is 3. The maximum absolute atomic E-state index is 5.35. The van der Waals surface area contributed by atoms with E-state index >= 15 is 0 Å². The Morgan fingerprint density at radius 3 is 2.56 bits per heavy atom. The first-order chi connectivity index (χ1) is 4.12. The highest BCUT2D eigenvalue weighted by Crippen LogP contribution is 1.82. The summed E-state index contributed by atoms with van der Waals surface area (Å²) >= 11 is 0. The van der Waals surface area contributed by atoms with Gasteiger partial charge in [0.05, 0.1) is 13.3 Å². The Kier molecular flexibility index (Phi) is 3.33. The van der Waals surface area contributed by atoms with Crippen LogP contribution in [0.2, 0.25) is 0 Å². The van der Waals surface area contributed by atoms with Crippen LogP contribution in [-0.2, 0) is 0 Å². The second-order valence-electron chi connectivity index (χ2n) is 1.86. The van der Waals surface area contributed by atoms with Crippen LogP contribution in [-0.4, -0.2) is 31.7 Å². The topological polar surface area (TPSA) is 76.4 Å². The van der Waals surface area contributed by atoms with E-state index in [1.54, 1.807) is 0 Å². The molecule has 0 saturated carbocycles. The van der Waals surface area contributed by atoms with Crippen molar-refractivity contribution >= 4 is 6.72 Å². The lowest BCUT2D eigenvalue weighted by Gasteiger charge is -2.17. The second-order valence-corrected chi connectivity index (χ2v) is 1.86. The first kappa shape index (κ1) is 8.51. The van der Waals surface area contributed by atoms with E-state index in [0.717, 1.165) is 6.54 Å². The largest absolute Gasteiger partial charge is 0.314 e. The zero-order valence-electron chi connectivity index (χ0n) is 5.67. The average molecular weight is 132 g/mol. The van der Waals surface area contributed by atoms with Crippen LogP contribution in [0.5, 0.6) is 0 Å². The number of nitrogens with one attached hydrogen (secondary N) is 1. The zero-order valence-corrected chi connectivity index (χ0v) is 5.67. The van der Waals surface area contributed by atoms with Crippen molar-refractivity contribution in [2.45, 2.75) is 0 Å². The summed E-state index contributed by atoms with van der Waals surface area (Å²) in [5, 5.41) is 6.36. The van der Waals surface area contributed by atoms with Crippen molar-refractivity contribution in [2.75, 3.05) is 20.1 Å². The second kappa shape index (κ2) is 3.52. The molecule has 0 unspecified atom stereocenters. The highest BCUT2D eigenvalue weighted by Gasteiger charge is 2.12. The summed E-state index contributed by atoms with van der Waals surface area (Å²) in [5.41, 5.74) is 0. The fourth-order valence-corrected chi connectivity index (χ4v) is 0.362. The number of nitrogens with zero attached hydrogens (tertiary/aromatic N) is 2. The van der Waals surface area contributed by atoms with E-state index in [-0.39, 0.29) is 4.81 Å².